The van der Waals surface area contributed by atoms with Crippen LogP contribution < -0.4 is 25.7 Å². The van der Waals surface area contributed by atoms with Gasteiger partial charge >= 0.3 is 17.9 Å². The Morgan fingerprint density at radius 3 is 2.09 bits per heavy atom. The van der Waals surface area contributed by atoms with Crippen molar-refractivity contribution in [3.8, 4) is 23.0 Å². The quantitative estimate of drug-likeness (QED) is 0.234. The van der Waals surface area contributed by atoms with Gasteiger partial charge in [-0.2, -0.15) is 0 Å². The second kappa shape index (κ2) is 11.1. The molecule has 0 fully saturated rings. The Bertz CT molecular complexity index is 1770. The second-order valence-electron chi connectivity index (χ2n) is 10.2. The number of amides is 1. The van der Waals surface area contributed by atoms with Gasteiger partial charge in [0.15, 0.2) is 5.60 Å². The molecule has 10 nitrogen and oxygen atoms in total. The predicted molar refractivity (Wildman–Crippen MR) is 153 cm³/mol. The molecule has 0 saturated heterocycles. The zero-order valence-corrected chi connectivity index (χ0v) is 22.8. The van der Waals surface area contributed by atoms with Crippen molar-refractivity contribution in [2.45, 2.75) is 30.9 Å². The van der Waals surface area contributed by atoms with Crippen LogP contribution in [0.4, 0.5) is 0 Å². The minimum Gasteiger partial charge on any atom is -0.456 e. The van der Waals surface area contributed by atoms with Gasteiger partial charge in [-0.3, -0.25) is 9.59 Å². The van der Waals surface area contributed by atoms with Gasteiger partial charge in [-0.15, -0.1) is 0 Å². The molecule has 6 rings (SSSR count). The molecule has 0 bridgehead atoms. The molecule has 1 amide bonds. The van der Waals surface area contributed by atoms with E-state index in [9.17, 15) is 19.2 Å². The molecular formula is C33H26N2O8. The highest BCUT2D eigenvalue weighted by atomic mass is 16.6. The fourth-order valence-corrected chi connectivity index (χ4v) is 5.30. The molecule has 43 heavy (non-hydrogen) atoms. The van der Waals surface area contributed by atoms with E-state index in [1.807, 2.05) is 30.3 Å². The van der Waals surface area contributed by atoms with E-state index in [0.717, 1.165) is 5.56 Å². The number of primary amides is 1. The summed E-state index contributed by atoms with van der Waals surface area (Å²) in [7, 11) is 0. The van der Waals surface area contributed by atoms with Crippen molar-refractivity contribution in [2.24, 2.45) is 11.5 Å². The normalized spacial score (nSPS) is 16.6. The summed E-state index contributed by atoms with van der Waals surface area (Å²) in [5.74, 6) is -1.41. The van der Waals surface area contributed by atoms with Crippen molar-refractivity contribution in [3.05, 3.63) is 119 Å². The largest absolute Gasteiger partial charge is 0.456 e. The topological polar surface area (TPSA) is 157 Å². The molecule has 10 heteroatoms. The third-order valence-corrected chi connectivity index (χ3v) is 7.30. The number of benzene rings is 4. The Labute approximate surface area is 246 Å². The van der Waals surface area contributed by atoms with Crippen molar-refractivity contribution in [1.29, 1.82) is 0 Å². The van der Waals surface area contributed by atoms with Crippen LogP contribution in [0.15, 0.2) is 91.0 Å². The SMILES string of the molecule is NC(=O)CC[C@H](N)C(=O)Oc1ccc2c(c1)Oc1cc(OC(=O)Cc3ccccc3)ccc1C21OC(=O)c2ccccc21. The van der Waals surface area contributed by atoms with Crippen molar-refractivity contribution >= 4 is 23.8 Å². The van der Waals surface area contributed by atoms with E-state index in [0.29, 0.717) is 22.3 Å². The first-order chi connectivity index (χ1) is 20.7. The van der Waals surface area contributed by atoms with Gasteiger partial charge in [0.2, 0.25) is 5.91 Å². The van der Waals surface area contributed by atoms with E-state index in [1.165, 1.54) is 6.07 Å². The monoisotopic (exact) mass is 578 g/mol. The van der Waals surface area contributed by atoms with Gasteiger partial charge < -0.3 is 30.4 Å². The van der Waals surface area contributed by atoms with Gasteiger partial charge in [-0.25, -0.2) is 9.59 Å². The number of hydrogen-bond donors (Lipinski definition) is 2. The molecule has 1 unspecified atom stereocenters. The molecular weight excluding hydrogens is 552 g/mol. The standard InChI is InChI=1S/C33H26N2O8/c34-26(14-15-29(35)36)32(39)41-21-11-13-25-28(18-21)42-27-17-20(40-30(37)16-19-6-2-1-3-7-19)10-12-24(27)33(25)23-9-5-4-8-22(23)31(38)43-33/h1-13,17-18,26H,14-16,34H2,(H2,35,36)/t26-,33?/m0/s1. The van der Waals surface area contributed by atoms with Gasteiger partial charge in [0.25, 0.3) is 0 Å². The lowest BCUT2D eigenvalue weighted by atomic mass is 9.77. The summed E-state index contributed by atoms with van der Waals surface area (Å²) in [5, 5.41) is 0. The van der Waals surface area contributed by atoms with Gasteiger partial charge in [-0.1, -0.05) is 48.5 Å². The van der Waals surface area contributed by atoms with E-state index in [2.05, 4.69) is 0 Å². The average Bonchev–Trinajstić information content (AvgIpc) is 3.28. The van der Waals surface area contributed by atoms with Crippen LogP contribution in [0.1, 0.15) is 45.5 Å². The molecule has 2 heterocycles. The van der Waals surface area contributed by atoms with Gasteiger partial charge in [0.05, 0.1) is 12.0 Å². The molecule has 2 atom stereocenters. The molecule has 4 N–H and O–H groups in total. The van der Waals surface area contributed by atoms with Crippen molar-refractivity contribution in [1.82, 2.24) is 0 Å². The van der Waals surface area contributed by atoms with Crippen molar-refractivity contribution in [2.75, 3.05) is 0 Å². The average molecular weight is 579 g/mol. The van der Waals surface area contributed by atoms with Crippen LogP contribution in [0.5, 0.6) is 23.0 Å². The van der Waals surface area contributed by atoms with Gasteiger partial charge in [-0.05, 0) is 42.3 Å². The maximum absolute atomic E-state index is 13.1. The summed E-state index contributed by atoms with van der Waals surface area (Å²) >= 11 is 0. The van der Waals surface area contributed by atoms with Crippen LogP contribution in [0.25, 0.3) is 0 Å². The first kappa shape index (κ1) is 27.7. The van der Waals surface area contributed by atoms with Crippen LogP contribution in [0.2, 0.25) is 0 Å². The number of rotatable bonds is 8. The Morgan fingerprint density at radius 1 is 0.791 bits per heavy atom. The minimum atomic E-state index is -1.37. The van der Waals surface area contributed by atoms with Crippen LogP contribution in [0, 0.1) is 0 Å². The summed E-state index contributed by atoms with van der Waals surface area (Å²) < 4.78 is 23.5. The number of ether oxygens (including phenoxy) is 4. The Balaban J connectivity index is 1.36. The highest BCUT2D eigenvalue weighted by Crippen LogP contribution is 2.57. The summed E-state index contributed by atoms with van der Waals surface area (Å²) in [6, 6.07) is 24.7. The van der Waals surface area contributed by atoms with E-state index in [1.54, 1.807) is 54.6 Å². The summed E-state index contributed by atoms with van der Waals surface area (Å²) in [4.78, 5) is 49.4. The second-order valence-corrected chi connectivity index (χ2v) is 10.2. The lowest BCUT2D eigenvalue weighted by molar-refractivity contribution is -0.136. The van der Waals surface area contributed by atoms with E-state index in [4.69, 9.17) is 30.4 Å². The minimum absolute atomic E-state index is 0.0323. The van der Waals surface area contributed by atoms with Crippen LogP contribution >= 0.6 is 0 Å². The number of hydrogen-bond acceptors (Lipinski definition) is 9. The first-order valence-corrected chi connectivity index (χ1v) is 13.5. The number of carbonyl (C=O) groups excluding carboxylic acids is 4. The summed E-state index contributed by atoms with van der Waals surface area (Å²) in [5.41, 5.74) is 12.5. The van der Waals surface area contributed by atoms with Crippen LogP contribution in [-0.2, 0) is 31.1 Å². The molecule has 4 aromatic rings. The fourth-order valence-electron chi connectivity index (χ4n) is 5.30. The molecule has 4 aromatic carbocycles. The highest BCUT2D eigenvalue weighted by Gasteiger charge is 2.53. The Morgan fingerprint density at radius 2 is 1.42 bits per heavy atom. The molecule has 0 saturated carbocycles. The van der Waals surface area contributed by atoms with Crippen molar-refractivity contribution < 1.29 is 38.1 Å². The van der Waals surface area contributed by atoms with Gasteiger partial charge in [0.1, 0.15) is 29.0 Å². The fraction of sp³-hybridized carbons (Fsp3) is 0.152. The number of nitrogens with two attached hydrogens (primary N) is 2. The first-order valence-electron chi connectivity index (χ1n) is 13.5. The molecule has 0 aromatic heterocycles. The van der Waals surface area contributed by atoms with Gasteiger partial charge in [0, 0.05) is 35.2 Å². The van der Waals surface area contributed by atoms with E-state index >= 15 is 0 Å². The summed E-state index contributed by atoms with van der Waals surface area (Å²) in [6.07, 6.45) is 0.0450. The highest BCUT2D eigenvalue weighted by molar-refractivity contribution is 5.97. The lowest BCUT2D eigenvalue weighted by Crippen LogP contribution is -2.35. The van der Waals surface area contributed by atoms with Crippen LogP contribution in [0.3, 0.4) is 0 Å². The molecule has 2 aliphatic heterocycles. The molecule has 216 valence electrons. The molecule has 2 aliphatic rings. The maximum atomic E-state index is 13.1. The summed E-state index contributed by atoms with van der Waals surface area (Å²) in [6.45, 7) is 0. The smallest absolute Gasteiger partial charge is 0.340 e. The third kappa shape index (κ3) is 5.20. The lowest BCUT2D eigenvalue weighted by Gasteiger charge is -2.36. The number of fused-ring (bicyclic) bond motifs is 6. The molecule has 1 spiro atoms. The Hall–Kier alpha value is -5.48. The molecule has 0 radical (unpaired) electrons. The Kier molecular flexibility index (Phi) is 7.12. The number of carbonyl (C=O) groups is 4. The zero-order chi connectivity index (χ0) is 30.1. The van der Waals surface area contributed by atoms with E-state index < -0.39 is 35.5 Å². The van der Waals surface area contributed by atoms with Crippen LogP contribution in [-0.4, -0.2) is 29.9 Å². The maximum Gasteiger partial charge on any atom is 0.340 e. The van der Waals surface area contributed by atoms with E-state index in [-0.39, 0.29) is 42.3 Å². The predicted octanol–water partition coefficient (Wildman–Crippen LogP) is 3.90. The third-order valence-electron chi connectivity index (χ3n) is 7.30. The zero-order valence-electron chi connectivity index (χ0n) is 22.8. The number of esters is 3. The van der Waals surface area contributed by atoms with Crippen molar-refractivity contribution in [3.63, 3.8) is 0 Å². The molecule has 0 aliphatic carbocycles.